The standard InChI is InChI=1S/C9H15NO4S/c1-2-14-5-8(11)10-3-4-15-6-7(10)9(12)13/h7H,2-6H2,1H3,(H,12,13). The molecule has 0 spiro atoms. The van der Waals surface area contributed by atoms with E-state index in [1.165, 1.54) is 4.90 Å². The van der Waals surface area contributed by atoms with Crippen LogP contribution in [-0.2, 0) is 14.3 Å². The fourth-order valence-electron chi connectivity index (χ4n) is 1.38. The summed E-state index contributed by atoms with van der Waals surface area (Å²) in [5.41, 5.74) is 0. The van der Waals surface area contributed by atoms with E-state index in [1.54, 1.807) is 18.7 Å². The first-order valence-electron chi connectivity index (χ1n) is 4.84. The lowest BCUT2D eigenvalue weighted by Gasteiger charge is -2.32. The van der Waals surface area contributed by atoms with E-state index in [2.05, 4.69) is 0 Å². The molecule has 1 fully saturated rings. The van der Waals surface area contributed by atoms with Crippen molar-refractivity contribution in [3.63, 3.8) is 0 Å². The van der Waals surface area contributed by atoms with Crippen LogP contribution in [0.4, 0.5) is 0 Å². The van der Waals surface area contributed by atoms with E-state index in [9.17, 15) is 9.59 Å². The molecule has 0 aliphatic carbocycles. The molecule has 1 aliphatic heterocycles. The van der Waals surface area contributed by atoms with Crippen molar-refractivity contribution in [3.05, 3.63) is 0 Å². The Hall–Kier alpha value is -0.750. The summed E-state index contributed by atoms with van der Waals surface area (Å²) in [5.74, 6) is 0.0890. The Morgan fingerprint density at radius 1 is 1.60 bits per heavy atom. The second kappa shape index (κ2) is 5.97. The monoisotopic (exact) mass is 233 g/mol. The largest absolute Gasteiger partial charge is 0.480 e. The highest BCUT2D eigenvalue weighted by Gasteiger charge is 2.31. The SMILES string of the molecule is CCOCC(=O)N1CCSCC1C(=O)O. The van der Waals surface area contributed by atoms with Gasteiger partial charge in [0.05, 0.1) is 0 Å². The normalized spacial score (nSPS) is 21.4. The van der Waals surface area contributed by atoms with Gasteiger partial charge in [-0.1, -0.05) is 0 Å². The van der Waals surface area contributed by atoms with Gasteiger partial charge in [0.1, 0.15) is 12.6 Å². The highest BCUT2D eigenvalue weighted by atomic mass is 32.2. The predicted octanol–water partition coefficient (Wildman–Crippen LogP) is 0.0515. The summed E-state index contributed by atoms with van der Waals surface area (Å²) in [6.07, 6.45) is 0. The summed E-state index contributed by atoms with van der Waals surface area (Å²) < 4.78 is 4.99. The lowest BCUT2D eigenvalue weighted by molar-refractivity contribution is -0.151. The molecule has 86 valence electrons. The lowest BCUT2D eigenvalue weighted by Crippen LogP contribution is -2.51. The van der Waals surface area contributed by atoms with Crippen molar-refractivity contribution >= 4 is 23.6 Å². The Morgan fingerprint density at radius 2 is 2.33 bits per heavy atom. The third-order valence-corrected chi connectivity index (χ3v) is 3.19. The second-order valence-corrected chi connectivity index (χ2v) is 4.30. The Balaban J connectivity index is 2.55. The highest BCUT2D eigenvalue weighted by Crippen LogP contribution is 2.16. The molecule has 1 saturated heterocycles. The molecule has 0 radical (unpaired) electrons. The minimum atomic E-state index is -0.938. The molecule has 1 rings (SSSR count). The molecule has 5 nitrogen and oxygen atoms in total. The van der Waals surface area contributed by atoms with Gasteiger partial charge >= 0.3 is 5.97 Å². The third-order valence-electron chi connectivity index (χ3n) is 2.16. The van der Waals surface area contributed by atoms with Gasteiger partial charge in [0.2, 0.25) is 5.91 Å². The molecule has 0 aromatic heterocycles. The zero-order valence-electron chi connectivity index (χ0n) is 8.64. The summed E-state index contributed by atoms with van der Waals surface area (Å²) in [5, 5.41) is 8.93. The number of amides is 1. The number of carbonyl (C=O) groups excluding carboxylic acids is 1. The number of aliphatic carboxylic acids is 1. The van der Waals surface area contributed by atoms with E-state index < -0.39 is 12.0 Å². The van der Waals surface area contributed by atoms with Gasteiger partial charge in [-0.2, -0.15) is 11.8 Å². The van der Waals surface area contributed by atoms with E-state index in [4.69, 9.17) is 9.84 Å². The van der Waals surface area contributed by atoms with Gasteiger partial charge in [-0.3, -0.25) is 4.79 Å². The van der Waals surface area contributed by atoms with E-state index >= 15 is 0 Å². The van der Waals surface area contributed by atoms with Crippen molar-refractivity contribution in [1.82, 2.24) is 4.90 Å². The molecule has 0 saturated carbocycles. The van der Waals surface area contributed by atoms with Gasteiger partial charge in [-0.05, 0) is 6.92 Å². The van der Waals surface area contributed by atoms with E-state index in [0.717, 1.165) is 5.75 Å². The highest BCUT2D eigenvalue weighted by molar-refractivity contribution is 7.99. The smallest absolute Gasteiger partial charge is 0.327 e. The van der Waals surface area contributed by atoms with Crippen molar-refractivity contribution in [1.29, 1.82) is 0 Å². The Labute approximate surface area is 92.8 Å². The van der Waals surface area contributed by atoms with Crippen LogP contribution < -0.4 is 0 Å². The minimum Gasteiger partial charge on any atom is -0.480 e. The first-order valence-corrected chi connectivity index (χ1v) is 6.00. The molecule has 0 bridgehead atoms. The van der Waals surface area contributed by atoms with E-state index in [1.807, 2.05) is 0 Å². The van der Waals surface area contributed by atoms with Crippen LogP contribution in [0.5, 0.6) is 0 Å². The van der Waals surface area contributed by atoms with Crippen LogP contribution in [0.1, 0.15) is 6.92 Å². The molecule has 1 unspecified atom stereocenters. The Kier molecular flexibility index (Phi) is 4.90. The Bertz CT molecular complexity index is 246. The number of thioether (sulfide) groups is 1. The van der Waals surface area contributed by atoms with Crippen molar-refractivity contribution in [2.24, 2.45) is 0 Å². The molecule has 0 aromatic rings. The summed E-state index contributed by atoms with van der Waals surface area (Å²) >= 11 is 1.56. The fraction of sp³-hybridized carbons (Fsp3) is 0.778. The lowest BCUT2D eigenvalue weighted by atomic mass is 10.2. The van der Waals surface area contributed by atoms with E-state index in [-0.39, 0.29) is 12.5 Å². The number of carboxylic acids is 1. The maximum Gasteiger partial charge on any atom is 0.327 e. The summed E-state index contributed by atoms with van der Waals surface area (Å²) in [6, 6.07) is -0.697. The molecular formula is C9H15NO4S. The fourth-order valence-corrected chi connectivity index (χ4v) is 2.42. The zero-order chi connectivity index (χ0) is 11.3. The summed E-state index contributed by atoms with van der Waals surface area (Å²) in [4.78, 5) is 23.9. The molecule has 1 heterocycles. The predicted molar refractivity (Wildman–Crippen MR) is 57.0 cm³/mol. The van der Waals surface area contributed by atoms with Crippen molar-refractivity contribution in [2.45, 2.75) is 13.0 Å². The maximum atomic E-state index is 11.6. The number of nitrogens with zero attached hydrogens (tertiary/aromatic N) is 1. The van der Waals surface area contributed by atoms with Crippen LogP contribution in [0.2, 0.25) is 0 Å². The number of hydrogen-bond donors (Lipinski definition) is 1. The van der Waals surface area contributed by atoms with Gasteiger partial charge in [0.15, 0.2) is 0 Å². The van der Waals surface area contributed by atoms with Crippen molar-refractivity contribution < 1.29 is 19.4 Å². The van der Waals surface area contributed by atoms with Gasteiger partial charge < -0.3 is 14.7 Å². The van der Waals surface area contributed by atoms with Gasteiger partial charge in [0, 0.05) is 24.7 Å². The summed E-state index contributed by atoms with van der Waals surface area (Å²) in [6.45, 7) is 2.73. The van der Waals surface area contributed by atoms with Crippen molar-refractivity contribution in [3.8, 4) is 0 Å². The van der Waals surface area contributed by atoms with Crippen LogP contribution in [0.15, 0.2) is 0 Å². The van der Waals surface area contributed by atoms with E-state index in [0.29, 0.717) is 18.9 Å². The topological polar surface area (TPSA) is 66.8 Å². The molecule has 1 aliphatic rings. The number of carbonyl (C=O) groups is 2. The molecule has 1 N–H and O–H groups in total. The zero-order valence-corrected chi connectivity index (χ0v) is 9.46. The van der Waals surface area contributed by atoms with Crippen LogP contribution in [-0.4, -0.2) is 59.2 Å². The number of carboxylic acid groups (broad SMARTS) is 1. The first kappa shape index (κ1) is 12.3. The Morgan fingerprint density at radius 3 is 2.93 bits per heavy atom. The van der Waals surface area contributed by atoms with Gasteiger partial charge in [-0.25, -0.2) is 4.79 Å². The van der Waals surface area contributed by atoms with Crippen LogP contribution in [0.3, 0.4) is 0 Å². The molecule has 6 heteroatoms. The average Bonchev–Trinajstić information content (AvgIpc) is 2.25. The first-order chi connectivity index (χ1) is 7.16. The van der Waals surface area contributed by atoms with Gasteiger partial charge in [0.25, 0.3) is 0 Å². The van der Waals surface area contributed by atoms with Crippen LogP contribution in [0, 0.1) is 0 Å². The maximum absolute atomic E-state index is 11.6. The number of hydrogen-bond acceptors (Lipinski definition) is 4. The molecular weight excluding hydrogens is 218 g/mol. The molecule has 1 amide bonds. The molecule has 15 heavy (non-hydrogen) atoms. The third kappa shape index (κ3) is 3.39. The number of ether oxygens (including phenoxy) is 1. The van der Waals surface area contributed by atoms with Crippen molar-refractivity contribution in [2.75, 3.05) is 31.3 Å². The average molecular weight is 233 g/mol. The number of rotatable bonds is 4. The van der Waals surface area contributed by atoms with Crippen LogP contribution in [0.25, 0.3) is 0 Å². The molecule has 0 aromatic carbocycles. The van der Waals surface area contributed by atoms with Crippen LogP contribution >= 0.6 is 11.8 Å². The minimum absolute atomic E-state index is 0.0229. The molecule has 1 atom stereocenters. The quantitative estimate of drug-likeness (QED) is 0.743. The summed E-state index contributed by atoms with van der Waals surface area (Å²) in [7, 11) is 0. The second-order valence-electron chi connectivity index (χ2n) is 3.15. The van der Waals surface area contributed by atoms with Gasteiger partial charge in [-0.15, -0.1) is 0 Å².